The summed E-state index contributed by atoms with van der Waals surface area (Å²) in [7, 11) is 0. The summed E-state index contributed by atoms with van der Waals surface area (Å²) in [5, 5.41) is 0. The standard InChI is InChI=1S/C24H26N/c1-5-13-21(14-6-1)25(22-15-7-2-8-16-22,23-17-9-3-10-18-23)24-19-11-4-12-20-24/h1-3,5-10,13-18,24H,4,11-12,19-20H2/q+1. The number of hydrogen-bond acceptors (Lipinski definition) is 0. The molecule has 1 nitrogen and oxygen atoms in total. The lowest BCUT2D eigenvalue weighted by Gasteiger charge is -2.45. The van der Waals surface area contributed by atoms with Crippen molar-refractivity contribution in [2.75, 3.05) is 0 Å². The van der Waals surface area contributed by atoms with Crippen molar-refractivity contribution >= 4 is 17.1 Å². The Balaban J connectivity index is 2.01. The van der Waals surface area contributed by atoms with Crippen LogP contribution in [0.1, 0.15) is 32.1 Å². The Hall–Kier alpha value is -2.38. The van der Waals surface area contributed by atoms with Crippen LogP contribution in [0.5, 0.6) is 0 Å². The lowest BCUT2D eigenvalue weighted by atomic mass is 9.89. The largest absolute Gasteiger partial charge is 0.224 e. The molecule has 1 fully saturated rings. The van der Waals surface area contributed by atoms with Crippen molar-refractivity contribution in [3.05, 3.63) is 91.0 Å². The second-order valence-electron chi connectivity index (χ2n) is 7.02. The summed E-state index contributed by atoms with van der Waals surface area (Å²) in [5.74, 6) is 0. The van der Waals surface area contributed by atoms with Gasteiger partial charge in [-0.2, -0.15) is 0 Å². The molecule has 0 N–H and O–H groups in total. The molecule has 4 rings (SSSR count). The van der Waals surface area contributed by atoms with E-state index in [9.17, 15) is 0 Å². The Bertz CT molecular complexity index is 677. The molecular formula is C24H26N+. The Morgan fingerprint density at radius 3 is 1.20 bits per heavy atom. The van der Waals surface area contributed by atoms with E-state index in [1.54, 1.807) is 0 Å². The van der Waals surface area contributed by atoms with E-state index in [1.165, 1.54) is 49.2 Å². The molecule has 25 heavy (non-hydrogen) atoms. The van der Waals surface area contributed by atoms with Gasteiger partial charge in [0.1, 0.15) is 23.1 Å². The quantitative estimate of drug-likeness (QED) is 0.453. The summed E-state index contributed by atoms with van der Waals surface area (Å²) in [4.78, 5) is 0. The molecule has 0 amide bonds. The first-order valence-electron chi connectivity index (χ1n) is 9.48. The molecule has 0 aromatic heterocycles. The van der Waals surface area contributed by atoms with Gasteiger partial charge in [-0.3, -0.25) is 0 Å². The molecule has 3 aromatic rings. The number of benzene rings is 3. The third-order valence-electron chi connectivity index (χ3n) is 5.61. The maximum Gasteiger partial charge on any atom is 0.143 e. The van der Waals surface area contributed by atoms with Crippen molar-refractivity contribution in [1.29, 1.82) is 0 Å². The third kappa shape index (κ3) is 2.89. The maximum absolute atomic E-state index is 2.30. The van der Waals surface area contributed by atoms with Gasteiger partial charge in [0.25, 0.3) is 0 Å². The molecule has 0 unspecified atom stereocenters. The van der Waals surface area contributed by atoms with Gasteiger partial charge in [0.05, 0.1) is 0 Å². The molecule has 126 valence electrons. The minimum Gasteiger partial charge on any atom is -0.224 e. The molecule has 1 aliphatic carbocycles. The molecule has 1 aliphatic rings. The Morgan fingerprint density at radius 1 is 0.480 bits per heavy atom. The summed E-state index contributed by atoms with van der Waals surface area (Å²) in [6.45, 7) is 0. The van der Waals surface area contributed by atoms with Crippen LogP contribution < -0.4 is 4.48 Å². The predicted octanol–water partition coefficient (Wildman–Crippen LogP) is 6.99. The molecule has 0 bridgehead atoms. The van der Waals surface area contributed by atoms with Crippen LogP contribution in [0.3, 0.4) is 0 Å². The van der Waals surface area contributed by atoms with Gasteiger partial charge in [-0.25, -0.2) is 4.48 Å². The van der Waals surface area contributed by atoms with Crippen molar-refractivity contribution in [2.45, 2.75) is 38.1 Å². The van der Waals surface area contributed by atoms with Gasteiger partial charge in [-0.05, 0) is 49.2 Å². The summed E-state index contributed by atoms with van der Waals surface area (Å²) >= 11 is 0. The van der Waals surface area contributed by atoms with Crippen molar-refractivity contribution in [3.8, 4) is 0 Å². The van der Waals surface area contributed by atoms with Gasteiger partial charge in [0, 0.05) is 12.8 Å². The monoisotopic (exact) mass is 328 g/mol. The summed E-state index contributed by atoms with van der Waals surface area (Å²) in [5.41, 5.74) is 4.10. The van der Waals surface area contributed by atoms with E-state index in [2.05, 4.69) is 91.0 Å². The number of para-hydroxylation sites is 3. The number of rotatable bonds is 4. The minimum absolute atomic E-state index is 0.584. The molecule has 0 saturated heterocycles. The van der Waals surface area contributed by atoms with E-state index in [0.717, 1.165) is 4.48 Å². The van der Waals surface area contributed by atoms with Crippen LogP contribution >= 0.6 is 0 Å². The Kier molecular flexibility index (Phi) is 4.67. The van der Waals surface area contributed by atoms with Crippen molar-refractivity contribution in [3.63, 3.8) is 0 Å². The fourth-order valence-corrected chi connectivity index (χ4v) is 4.54. The van der Waals surface area contributed by atoms with Gasteiger partial charge in [0.15, 0.2) is 0 Å². The highest BCUT2D eigenvalue weighted by Crippen LogP contribution is 2.49. The number of quaternary nitrogens is 1. The molecule has 0 heterocycles. The van der Waals surface area contributed by atoms with Crippen LogP contribution in [-0.2, 0) is 0 Å². The van der Waals surface area contributed by atoms with Crippen molar-refractivity contribution < 1.29 is 0 Å². The predicted molar refractivity (Wildman–Crippen MR) is 107 cm³/mol. The zero-order valence-electron chi connectivity index (χ0n) is 14.7. The van der Waals surface area contributed by atoms with E-state index in [-0.39, 0.29) is 0 Å². The fraction of sp³-hybridized carbons (Fsp3) is 0.250. The average Bonchev–Trinajstić information content (AvgIpc) is 2.72. The number of hydrogen-bond donors (Lipinski definition) is 0. The van der Waals surface area contributed by atoms with E-state index in [4.69, 9.17) is 0 Å². The van der Waals surface area contributed by atoms with E-state index in [0.29, 0.717) is 6.04 Å². The Morgan fingerprint density at radius 2 is 0.840 bits per heavy atom. The van der Waals surface area contributed by atoms with E-state index >= 15 is 0 Å². The van der Waals surface area contributed by atoms with Crippen LogP contribution in [0.25, 0.3) is 0 Å². The Labute approximate surface area is 151 Å². The minimum atomic E-state index is 0.584. The van der Waals surface area contributed by atoms with Crippen LogP contribution in [0.15, 0.2) is 91.0 Å². The highest BCUT2D eigenvalue weighted by molar-refractivity contribution is 5.71. The summed E-state index contributed by atoms with van der Waals surface area (Å²) in [6, 6.07) is 33.8. The van der Waals surface area contributed by atoms with Crippen LogP contribution in [0.4, 0.5) is 17.1 Å². The van der Waals surface area contributed by atoms with Crippen LogP contribution in [0, 0.1) is 0 Å². The first-order valence-corrected chi connectivity index (χ1v) is 9.48. The normalized spacial score (nSPS) is 15.8. The van der Waals surface area contributed by atoms with Gasteiger partial charge in [0.2, 0.25) is 0 Å². The highest BCUT2D eigenvalue weighted by Gasteiger charge is 2.43. The topological polar surface area (TPSA) is 0 Å². The zero-order chi connectivity index (χ0) is 17.0. The van der Waals surface area contributed by atoms with E-state index in [1.807, 2.05) is 0 Å². The first kappa shape index (κ1) is 16.1. The smallest absolute Gasteiger partial charge is 0.143 e. The SMILES string of the molecule is c1ccc([N+](c2ccccc2)(c2ccccc2)C2CCCCC2)cc1. The number of nitrogens with zero attached hydrogens (tertiary/aromatic N) is 1. The molecular weight excluding hydrogens is 302 g/mol. The second kappa shape index (κ2) is 7.25. The molecule has 1 heteroatoms. The van der Waals surface area contributed by atoms with Gasteiger partial charge >= 0.3 is 0 Å². The molecule has 1 saturated carbocycles. The first-order chi connectivity index (χ1) is 12.4. The van der Waals surface area contributed by atoms with Gasteiger partial charge in [-0.15, -0.1) is 0 Å². The zero-order valence-corrected chi connectivity index (χ0v) is 14.7. The van der Waals surface area contributed by atoms with Crippen LogP contribution in [0.2, 0.25) is 0 Å². The van der Waals surface area contributed by atoms with Crippen molar-refractivity contribution in [1.82, 2.24) is 4.48 Å². The molecule has 0 atom stereocenters. The van der Waals surface area contributed by atoms with E-state index < -0.39 is 0 Å². The summed E-state index contributed by atoms with van der Waals surface area (Å²) in [6.07, 6.45) is 6.58. The average molecular weight is 328 g/mol. The molecule has 0 spiro atoms. The summed E-state index contributed by atoms with van der Waals surface area (Å²) < 4.78 is 0.836. The molecule has 3 aromatic carbocycles. The third-order valence-corrected chi connectivity index (χ3v) is 5.61. The second-order valence-corrected chi connectivity index (χ2v) is 7.02. The lowest BCUT2D eigenvalue weighted by Crippen LogP contribution is -2.49. The van der Waals surface area contributed by atoms with Gasteiger partial charge < -0.3 is 0 Å². The fourth-order valence-electron chi connectivity index (χ4n) is 4.54. The van der Waals surface area contributed by atoms with Gasteiger partial charge in [-0.1, -0.05) is 61.0 Å². The lowest BCUT2D eigenvalue weighted by molar-refractivity contribution is 0.289. The van der Waals surface area contributed by atoms with Crippen LogP contribution in [-0.4, -0.2) is 6.04 Å². The molecule has 0 radical (unpaired) electrons. The maximum atomic E-state index is 2.30. The van der Waals surface area contributed by atoms with Crippen molar-refractivity contribution in [2.24, 2.45) is 0 Å². The molecule has 0 aliphatic heterocycles. The highest BCUT2D eigenvalue weighted by atomic mass is 15.4.